The molecule has 0 saturated heterocycles. The molecule has 0 spiro atoms. The van der Waals surface area contributed by atoms with Crippen molar-refractivity contribution in [3.8, 4) is 0 Å². The zero-order valence-electron chi connectivity index (χ0n) is 15.8. The van der Waals surface area contributed by atoms with Crippen LogP contribution in [0.4, 0.5) is 21.6 Å². The van der Waals surface area contributed by atoms with Gasteiger partial charge in [0.05, 0.1) is 26.6 Å². The van der Waals surface area contributed by atoms with E-state index in [0.717, 1.165) is 0 Å². The van der Waals surface area contributed by atoms with Crippen molar-refractivity contribution in [3.05, 3.63) is 99.4 Å². The van der Waals surface area contributed by atoms with E-state index in [0.29, 0.717) is 38.9 Å². The normalized spacial score (nSPS) is 11.2. The summed E-state index contributed by atoms with van der Waals surface area (Å²) in [4.78, 5) is 26.2. The van der Waals surface area contributed by atoms with Crippen LogP contribution < -0.4 is 10.5 Å². The van der Waals surface area contributed by atoms with E-state index in [-0.39, 0.29) is 15.6 Å². The summed E-state index contributed by atoms with van der Waals surface area (Å²) in [5, 5.41) is 1.86. The molecule has 1 N–H and O–H groups in total. The molecule has 0 aliphatic rings. The number of hydrogen-bond acceptors (Lipinski definition) is 4. The van der Waals surface area contributed by atoms with E-state index in [1.165, 1.54) is 12.1 Å². The number of pyridine rings is 3. The number of aromatic amines is 1. The van der Waals surface area contributed by atoms with Gasteiger partial charge in [0.25, 0.3) is 5.56 Å². The van der Waals surface area contributed by atoms with Gasteiger partial charge < -0.3 is 4.98 Å². The Morgan fingerprint density at radius 1 is 0.968 bits per heavy atom. The predicted molar refractivity (Wildman–Crippen MR) is 122 cm³/mol. The molecule has 5 nitrogen and oxygen atoms in total. The van der Waals surface area contributed by atoms with Gasteiger partial charge in [-0.3, -0.25) is 14.7 Å². The Balaban J connectivity index is 1.95. The fourth-order valence-corrected chi connectivity index (χ4v) is 4.27. The fourth-order valence-electron chi connectivity index (χ4n) is 3.64. The van der Waals surface area contributed by atoms with Crippen LogP contribution in [-0.2, 0) is 0 Å². The van der Waals surface area contributed by atoms with Gasteiger partial charge in [0.1, 0.15) is 11.6 Å². The van der Waals surface area contributed by atoms with Crippen LogP contribution >= 0.6 is 23.2 Å². The molecule has 5 rings (SSSR count). The first-order valence-corrected chi connectivity index (χ1v) is 10.0. The molecule has 0 aliphatic heterocycles. The van der Waals surface area contributed by atoms with Gasteiger partial charge in [0.15, 0.2) is 0 Å². The predicted octanol–water partition coefficient (Wildman–Crippen LogP) is 6.39. The quantitative estimate of drug-likeness (QED) is 0.323. The van der Waals surface area contributed by atoms with Crippen molar-refractivity contribution in [1.29, 1.82) is 0 Å². The maximum Gasteiger partial charge on any atom is 0.256 e. The molecule has 0 saturated carbocycles. The van der Waals surface area contributed by atoms with Crippen molar-refractivity contribution in [1.82, 2.24) is 15.0 Å². The largest absolute Gasteiger partial charge is 0.329 e. The number of nitrogens with zero attached hydrogens (tertiary/aromatic N) is 3. The summed E-state index contributed by atoms with van der Waals surface area (Å²) in [5.41, 5.74) is 1.35. The second kappa shape index (κ2) is 7.65. The topological polar surface area (TPSA) is 61.9 Å². The highest BCUT2D eigenvalue weighted by Crippen LogP contribution is 2.45. The maximum atomic E-state index is 13.9. The van der Waals surface area contributed by atoms with E-state index in [1.54, 1.807) is 35.6 Å². The second-order valence-electron chi connectivity index (χ2n) is 6.81. The van der Waals surface area contributed by atoms with Gasteiger partial charge in [-0.1, -0.05) is 41.4 Å². The monoisotopic (exact) mass is 450 g/mol. The molecular weight excluding hydrogens is 438 g/mol. The number of nitrogens with one attached hydrogen (secondary N) is 1. The molecule has 3 aromatic heterocycles. The Labute approximate surface area is 185 Å². The van der Waals surface area contributed by atoms with Gasteiger partial charge in [-0.15, -0.1) is 0 Å². The highest BCUT2D eigenvalue weighted by atomic mass is 35.5. The van der Waals surface area contributed by atoms with E-state index in [1.807, 2.05) is 30.3 Å². The number of anilines is 3. The minimum Gasteiger partial charge on any atom is -0.329 e. The summed E-state index contributed by atoms with van der Waals surface area (Å²) in [7, 11) is 0. The molecule has 0 aliphatic carbocycles. The molecule has 152 valence electrons. The van der Waals surface area contributed by atoms with Gasteiger partial charge in [-0.2, -0.15) is 0 Å². The number of hydrogen-bond donors (Lipinski definition) is 1. The molecule has 3 heterocycles. The first-order chi connectivity index (χ1) is 15.0. The van der Waals surface area contributed by atoms with Crippen LogP contribution in [0.25, 0.3) is 21.7 Å². The highest BCUT2D eigenvalue weighted by Gasteiger charge is 2.24. The third-order valence-corrected chi connectivity index (χ3v) is 5.50. The SMILES string of the molecule is O=c1[nH]ccc2c(N(c3ccccc3)c3c(Cl)cc(F)cc3Cl)nc3ccncc3c12. The van der Waals surface area contributed by atoms with Crippen LogP contribution in [-0.4, -0.2) is 15.0 Å². The molecule has 8 heteroatoms. The van der Waals surface area contributed by atoms with Crippen LogP contribution in [0.2, 0.25) is 10.0 Å². The zero-order chi connectivity index (χ0) is 21.5. The van der Waals surface area contributed by atoms with Crippen molar-refractivity contribution in [2.45, 2.75) is 0 Å². The summed E-state index contributed by atoms with van der Waals surface area (Å²) in [6.07, 6.45) is 4.76. The summed E-state index contributed by atoms with van der Waals surface area (Å²) >= 11 is 12.9. The molecule has 31 heavy (non-hydrogen) atoms. The number of fused-ring (bicyclic) bond motifs is 3. The van der Waals surface area contributed by atoms with Crippen LogP contribution in [0.1, 0.15) is 0 Å². The summed E-state index contributed by atoms with van der Waals surface area (Å²) < 4.78 is 13.9. The Kier molecular flexibility index (Phi) is 4.81. The molecule has 2 aromatic carbocycles. The fraction of sp³-hybridized carbons (Fsp3) is 0. The van der Waals surface area contributed by atoms with Crippen molar-refractivity contribution in [2.24, 2.45) is 0 Å². The Morgan fingerprint density at radius 2 is 1.71 bits per heavy atom. The van der Waals surface area contributed by atoms with Crippen LogP contribution in [0.3, 0.4) is 0 Å². The van der Waals surface area contributed by atoms with Gasteiger partial charge in [0.2, 0.25) is 0 Å². The standard InChI is InChI=1S/C23H13Cl2FN4O/c24-17-10-13(26)11-18(25)21(17)30(14-4-2-1-3-5-14)22-15-6-9-28-23(31)20(15)16-12-27-8-7-19(16)29-22/h1-12H,(H,28,31). The average Bonchev–Trinajstić information content (AvgIpc) is 2.76. The Morgan fingerprint density at radius 3 is 2.45 bits per heavy atom. The highest BCUT2D eigenvalue weighted by molar-refractivity contribution is 6.39. The lowest BCUT2D eigenvalue weighted by Crippen LogP contribution is -2.15. The van der Waals surface area contributed by atoms with E-state index >= 15 is 0 Å². The molecule has 0 atom stereocenters. The molecule has 0 bridgehead atoms. The molecule has 0 fully saturated rings. The van der Waals surface area contributed by atoms with E-state index in [4.69, 9.17) is 28.2 Å². The zero-order valence-corrected chi connectivity index (χ0v) is 17.3. The minimum atomic E-state index is -0.550. The summed E-state index contributed by atoms with van der Waals surface area (Å²) in [5.74, 6) is -0.119. The minimum absolute atomic E-state index is 0.114. The van der Waals surface area contributed by atoms with Crippen LogP contribution in [0.5, 0.6) is 0 Å². The molecule has 0 amide bonds. The van der Waals surface area contributed by atoms with E-state index < -0.39 is 5.82 Å². The third kappa shape index (κ3) is 3.30. The summed E-state index contributed by atoms with van der Waals surface area (Å²) in [6.45, 7) is 0. The van der Waals surface area contributed by atoms with E-state index in [9.17, 15) is 9.18 Å². The van der Waals surface area contributed by atoms with Crippen molar-refractivity contribution in [3.63, 3.8) is 0 Å². The Hall–Kier alpha value is -3.48. The van der Waals surface area contributed by atoms with Gasteiger partial charge >= 0.3 is 0 Å². The lowest BCUT2D eigenvalue weighted by atomic mass is 10.1. The molecule has 0 unspecified atom stereocenters. The van der Waals surface area contributed by atoms with Gasteiger partial charge in [-0.05, 0) is 36.4 Å². The number of halogens is 3. The number of H-pyrrole nitrogens is 1. The maximum absolute atomic E-state index is 13.9. The number of benzene rings is 2. The van der Waals surface area contributed by atoms with Crippen LogP contribution in [0, 0.1) is 5.82 Å². The van der Waals surface area contributed by atoms with Gasteiger partial charge in [0, 0.05) is 35.1 Å². The average molecular weight is 451 g/mol. The van der Waals surface area contributed by atoms with Crippen molar-refractivity contribution >= 4 is 62.1 Å². The van der Waals surface area contributed by atoms with Gasteiger partial charge in [-0.25, -0.2) is 9.37 Å². The number of aromatic nitrogens is 3. The van der Waals surface area contributed by atoms with E-state index in [2.05, 4.69) is 9.97 Å². The van der Waals surface area contributed by atoms with Crippen molar-refractivity contribution < 1.29 is 4.39 Å². The number of rotatable bonds is 3. The molecule has 5 aromatic rings. The number of para-hydroxylation sites is 1. The first kappa shape index (κ1) is 19.5. The lowest BCUT2D eigenvalue weighted by Gasteiger charge is -2.27. The Bertz CT molecular complexity index is 1480. The molecular formula is C23H13Cl2FN4O. The first-order valence-electron chi connectivity index (χ1n) is 9.29. The van der Waals surface area contributed by atoms with Crippen LogP contribution in [0.15, 0.2) is 78.0 Å². The smallest absolute Gasteiger partial charge is 0.256 e. The van der Waals surface area contributed by atoms with Crippen molar-refractivity contribution in [2.75, 3.05) is 4.90 Å². The molecule has 0 radical (unpaired) electrons. The lowest BCUT2D eigenvalue weighted by molar-refractivity contribution is 0.628. The third-order valence-electron chi connectivity index (χ3n) is 4.93. The second-order valence-corrected chi connectivity index (χ2v) is 7.63. The summed E-state index contributed by atoms with van der Waals surface area (Å²) in [6, 6.07) is 15.2.